The number of hydrogen-bond acceptors (Lipinski definition) is 5. The number of likely N-dealkylation sites (tertiary alicyclic amines) is 1. The third kappa shape index (κ3) is 4.95. The number of carbonyl (C=O) groups is 1. The van der Waals surface area contributed by atoms with Gasteiger partial charge in [-0.3, -0.25) is 9.69 Å². The highest BCUT2D eigenvalue weighted by atomic mass is 35.5. The number of para-hydroxylation sites is 1. The minimum Gasteiger partial charge on any atom is -0.493 e. The van der Waals surface area contributed by atoms with Gasteiger partial charge in [-0.2, -0.15) is 0 Å². The summed E-state index contributed by atoms with van der Waals surface area (Å²) in [6.45, 7) is 4.37. The highest BCUT2D eigenvalue weighted by Gasteiger charge is 2.32. The number of ether oxygens (including phenoxy) is 1. The monoisotopic (exact) mass is 428 g/mol. The normalized spacial score (nSPS) is 22.7. The predicted octanol–water partition coefficient (Wildman–Crippen LogP) is 3.50. The van der Waals surface area contributed by atoms with E-state index in [1.54, 1.807) is 0 Å². The molecule has 0 aliphatic carbocycles. The lowest BCUT2D eigenvalue weighted by Gasteiger charge is -2.36. The molecule has 0 spiro atoms. The largest absolute Gasteiger partial charge is 0.493 e. The smallest absolute Gasteiger partial charge is 0.255 e. The van der Waals surface area contributed by atoms with Gasteiger partial charge in [-0.15, -0.1) is 0 Å². The maximum atomic E-state index is 12.7. The Morgan fingerprint density at radius 1 is 1.13 bits per heavy atom. The summed E-state index contributed by atoms with van der Waals surface area (Å²) in [4.78, 5) is 15.2. The minimum atomic E-state index is -0.0547. The van der Waals surface area contributed by atoms with E-state index in [0.29, 0.717) is 24.1 Å². The summed E-state index contributed by atoms with van der Waals surface area (Å²) in [7, 11) is 0. The van der Waals surface area contributed by atoms with Gasteiger partial charge >= 0.3 is 0 Å². The Morgan fingerprint density at radius 3 is 2.60 bits per heavy atom. The van der Waals surface area contributed by atoms with Crippen molar-refractivity contribution in [2.75, 3.05) is 19.7 Å². The van der Waals surface area contributed by atoms with Crippen molar-refractivity contribution < 1.29 is 9.53 Å². The molecule has 30 heavy (non-hydrogen) atoms. The maximum absolute atomic E-state index is 12.7. The molecule has 2 saturated heterocycles. The molecule has 2 atom stereocenters. The minimum absolute atomic E-state index is 0.0547. The van der Waals surface area contributed by atoms with Gasteiger partial charge < -0.3 is 10.1 Å². The van der Waals surface area contributed by atoms with Crippen LogP contribution in [0, 0.1) is 0 Å². The number of nitrogens with one attached hydrogen (secondary N) is 3. The lowest BCUT2D eigenvalue weighted by atomic mass is 10.0. The van der Waals surface area contributed by atoms with Gasteiger partial charge in [-0.05, 0) is 56.0 Å². The highest BCUT2D eigenvalue weighted by molar-refractivity contribution is 6.30. The van der Waals surface area contributed by atoms with Crippen LogP contribution in [0.4, 0.5) is 0 Å². The number of piperidine rings is 1. The van der Waals surface area contributed by atoms with Crippen molar-refractivity contribution in [3.05, 3.63) is 64.7 Å². The summed E-state index contributed by atoms with van der Waals surface area (Å²) in [5.41, 5.74) is 8.68. The Balaban J connectivity index is 1.27. The number of amides is 1. The van der Waals surface area contributed by atoms with Gasteiger partial charge in [0.05, 0.1) is 18.3 Å². The van der Waals surface area contributed by atoms with E-state index >= 15 is 0 Å². The highest BCUT2D eigenvalue weighted by Crippen LogP contribution is 2.27. The number of halogens is 1. The third-order valence-corrected chi connectivity index (χ3v) is 6.14. The molecule has 2 aromatic carbocycles. The fourth-order valence-electron chi connectivity index (χ4n) is 4.25. The molecular weight excluding hydrogens is 400 g/mol. The van der Waals surface area contributed by atoms with Crippen LogP contribution in [-0.4, -0.2) is 42.7 Å². The first-order chi connectivity index (χ1) is 14.6. The van der Waals surface area contributed by atoms with E-state index in [0.717, 1.165) is 37.4 Å². The number of hydrogen-bond donors (Lipinski definition) is 3. The second-order valence-electron chi connectivity index (χ2n) is 7.86. The zero-order valence-electron chi connectivity index (χ0n) is 17.2. The quantitative estimate of drug-likeness (QED) is 0.657. The number of carbonyl (C=O) groups excluding carboxylic acids is 1. The average molecular weight is 429 g/mol. The van der Waals surface area contributed by atoms with Crippen LogP contribution in [0.25, 0.3) is 0 Å². The van der Waals surface area contributed by atoms with Crippen molar-refractivity contribution in [2.45, 2.75) is 44.4 Å². The van der Waals surface area contributed by atoms with Crippen molar-refractivity contribution in [2.24, 2.45) is 0 Å². The Kier molecular flexibility index (Phi) is 6.89. The molecule has 2 fully saturated rings. The first kappa shape index (κ1) is 21.1. The van der Waals surface area contributed by atoms with E-state index in [-0.39, 0.29) is 18.0 Å². The summed E-state index contributed by atoms with van der Waals surface area (Å²) in [6, 6.07) is 15.9. The molecule has 3 N–H and O–H groups in total. The number of benzene rings is 2. The lowest BCUT2D eigenvalue weighted by Crippen LogP contribution is -2.51. The van der Waals surface area contributed by atoms with E-state index < -0.39 is 0 Å². The third-order valence-electron chi connectivity index (χ3n) is 5.89. The fourth-order valence-corrected chi connectivity index (χ4v) is 4.37. The van der Waals surface area contributed by atoms with Gasteiger partial charge in [-0.1, -0.05) is 35.9 Å². The van der Waals surface area contributed by atoms with E-state index in [2.05, 4.69) is 33.2 Å². The molecule has 7 heteroatoms. The molecule has 6 nitrogen and oxygen atoms in total. The van der Waals surface area contributed by atoms with Crippen molar-refractivity contribution in [1.82, 2.24) is 21.1 Å². The molecule has 2 unspecified atom stereocenters. The zero-order chi connectivity index (χ0) is 20.9. The standard InChI is InChI=1S/C23H29ClN4O2/c1-2-30-21-6-4-3-5-19(21)23(29)25-18-11-13-28(14-12-18)22-15-20(26-27-22)16-7-9-17(24)10-8-16/h3-10,18,20,22,26-27H,2,11-15H2,1H3,(H,25,29). The Labute approximate surface area is 182 Å². The summed E-state index contributed by atoms with van der Waals surface area (Å²) < 4.78 is 5.59. The Bertz CT molecular complexity index is 853. The summed E-state index contributed by atoms with van der Waals surface area (Å²) in [6.07, 6.45) is 3.17. The molecule has 2 aliphatic rings. The second kappa shape index (κ2) is 9.79. The van der Waals surface area contributed by atoms with E-state index in [4.69, 9.17) is 16.3 Å². The summed E-state index contributed by atoms with van der Waals surface area (Å²) in [5.74, 6) is 0.588. The number of nitrogens with zero attached hydrogens (tertiary/aromatic N) is 1. The second-order valence-corrected chi connectivity index (χ2v) is 8.29. The maximum Gasteiger partial charge on any atom is 0.255 e. The van der Waals surface area contributed by atoms with Gasteiger partial charge in [0.1, 0.15) is 5.75 Å². The fraction of sp³-hybridized carbons (Fsp3) is 0.435. The molecule has 160 valence electrons. The zero-order valence-corrected chi connectivity index (χ0v) is 18.0. The molecule has 2 aliphatic heterocycles. The molecular formula is C23H29ClN4O2. The van der Waals surface area contributed by atoms with Crippen LogP contribution in [-0.2, 0) is 0 Å². The molecule has 0 bridgehead atoms. The number of hydrazine groups is 1. The van der Waals surface area contributed by atoms with Gasteiger partial charge in [-0.25, -0.2) is 10.9 Å². The van der Waals surface area contributed by atoms with Crippen LogP contribution < -0.4 is 20.9 Å². The summed E-state index contributed by atoms with van der Waals surface area (Å²) >= 11 is 6.00. The van der Waals surface area contributed by atoms with Gasteiger partial charge in [0.25, 0.3) is 5.91 Å². The molecule has 2 aromatic rings. The molecule has 4 rings (SSSR count). The Hall–Kier alpha value is -2.12. The molecule has 0 radical (unpaired) electrons. The van der Waals surface area contributed by atoms with Crippen molar-refractivity contribution in [3.63, 3.8) is 0 Å². The molecule has 2 heterocycles. The van der Waals surface area contributed by atoms with Crippen molar-refractivity contribution in [1.29, 1.82) is 0 Å². The first-order valence-electron chi connectivity index (χ1n) is 10.7. The first-order valence-corrected chi connectivity index (χ1v) is 11.0. The topological polar surface area (TPSA) is 65.6 Å². The van der Waals surface area contributed by atoms with Gasteiger partial charge in [0.15, 0.2) is 0 Å². The van der Waals surface area contributed by atoms with Crippen molar-refractivity contribution >= 4 is 17.5 Å². The molecule has 0 aromatic heterocycles. The van der Waals surface area contributed by atoms with Crippen LogP contribution >= 0.6 is 11.6 Å². The molecule has 1 amide bonds. The lowest BCUT2D eigenvalue weighted by molar-refractivity contribution is 0.0876. The SMILES string of the molecule is CCOc1ccccc1C(=O)NC1CCN(C2CC(c3ccc(Cl)cc3)NN2)CC1. The van der Waals surface area contributed by atoms with Crippen molar-refractivity contribution in [3.8, 4) is 5.75 Å². The van der Waals surface area contributed by atoms with E-state index in [1.165, 1.54) is 5.56 Å². The van der Waals surface area contributed by atoms with Crippen LogP contribution in [0.3, 0.4) is 0 Å². The van der Waals surface area contributed by atoms with Gasteiger partial charge in [0, 0.05) is 30.2 Å². The predicted molar refractivity (Wildman–Crippen MR) is 119 cm³/mol. The van der Waals surface area contributed by atoms with Crippen LogP contribution in [0.1, 0.15) is 48.1 Å². The number of rotatable bonds is 6. The van der Waals surface area contributed by atoms with E-state index in [1.807, 2.05) is 43.3 Å². The van der Waals surface area contributed by atoms with Crippen LogP contribution in [0.5, 0.6) is 5.75 Å². The van der Waals surface area contributed by atoms with Crippen LogP contribution in [0.2, 0.25) is 5.02 Å². The van der Waals surface area contributed by atoms with Crippen LogP contribution in [0.15, 0.2) is 48.5 Å². The molecule has 0 saturated carbocycles. The van der Waals surface area contributed by atoms with E-state index in [9.17, 15) is 4.79 Å². The summed E-state index contributed by atoms with van der Waals surface area (Å²) in [5, 5.41) is 3.95. The average Bonchev–Trinajstić information content (AvgIpc) is 3.26. The Morgan fingerprint density at radius 2 is 1.87 bits per heavy atom. The van der Waals surface area contributed by atoms with Gasteiger partial charge in [0.2, 0.25) is 0 Å².